The van der Waals surface area contributed by atoms with Crippen molar-refractivity contribution in [1.29, 1.82) is 0 Å². The van der Waals surface area contributed by atoms with Gasteiger partial charge in [0.15, 0.2) is 10.2 Å². The molecule has 0 spiro atoms. The number of hydrogen-bond acceptors (Lipinski definition) is 6. The van der Waals surface area contributed by atoms with Crippen LogP contribution in [0, 0.1) is 0 Å². The molecule has 2 rings (SSSR count). The summed E-state index contributed by atoms with van der Waals surface area (Å²) in [5.41, 5.74) is 5.64. The maximum atomic E-state index is 11.8. The number of anilines is 2. The molecular formula is C8H8N4O2S2. The maximum Gasteiger partial charge on any atom is 0.283 e. The van der Waals surface area contributed by atoms with Crippen molar-refractivity contribution in [3.05, 3.63) is 29.9 Å². The third-order valence-corrected chi connectivity index (χ3v) is 3.84. The van der Waals surface area contributed by atoms with Crippen LogP contribution in [0.5, 0.6) is 0 Å². The second kappa shape index (κ2) is 4.06. The van der Waals surface area contributed by atoms with Crippen molar-refractivity contribution < 1.29 is 8.42 Å². The summed E-state index contributed by atoms with van der Waals surface area (Å²) < 4.78 is 26.0. The van der Waals surface area contributed by atoms with E-state index in [-0.39, 0.29) is 15.8 Å². The van der Waals surface area contributed by atoms with Crippen molar-refractivity contribution >= 4 is 32.2 Å². The fourth-order valence-electron chi connectivity index (χ4n) is 1.06. The number of sulfonamides is 1. The molecule has 0 aliphatic heterocycles. The van der Waals surface area contributed by atoms with Crippen molar-refractivity contribution in [2.75, 3.05) is 10.5 Å². The molecule has 8 heteroatoms. The molecule has 0 aromatic carbocycles. The smallest absolute Gasteiger partial charge is 0.283 e. The summed E-state index contributed by atoms with van der Waals surface area (Å²) in [6.45, 7) is 0. The lowest BCUT2D eigenvalue weighted by Crippen LogP contribution is -2.16. The van der Waals surface area contributed by atoms with Crippen LogP contribution in [0.4, 0.5) is 10.8 Å². The quantitative estimate of drug-likeness (QED) is 0.851. The van der Waals surface area contributed by atoms with Gasteiger partial charge in [-0.3, -0.25) is 4.72 Å². The molecule has 2 heterocycles. The Hall–Kier alpha value is -1.67. The van der Waals surface area contributed by atoms with Gasteiger partial charge in [-0.1, -0.05) is 0 Å². The molecule has 0 saturated carbocycles. The zero-order chi connectivity index (χ0) is 11.6. The van der Waals surface area contributed by atoms with E-state index in [1.165, 1.54) is 29.8 Å². The van der Waals surface area contributed by atoms with Crippen LogP contribution in [0.2, 0.25) is 0 Å². The van der Waals surface area contributed by atoms with Crippen molar-refractivity contribution in [3.63, 3.8) is 0 Å². The monoisotopic (exact) mass is 256 g/mol. The van der Waals surface area contributed by atoms with E-state index in [0.717, 1.165) is 0 Å². The van der Waals surface area contributed by atoms with Crippen molar-refractivity contribution in [1.82, 2.24) is 9.97 Å². The average Bonchev–Trinajstić information content (AvgIpc) is 2.70. The second-order valence-corrected chi connectivity index (χ2v) is 5.33. The van der Waals surface area contributed by atoms with Gasteiger partial charge >= 0.3 is 0 Å². The molecule has 0 radical (unpaired) electrons. The predicted molar refractivity (Wildman–Crippen MR) is 61.6 cm³/mol. The first-order chi connectivity index (χ1) is 7.59. The van der Waals surface area contributed by atoms with E-state index in [9.17, 15) is 8.42 Å². The molecule has 0 fully saturated rings. The zero-order valence-corrected chi connectivity index (χ0v) is 9.62. The molecule has 0 aliphatic rings. The summed E-state index contributed by atoms with van der Waals surface area (Å²) in [7, 11) is -3.75. The Morgan fingerprint density at radius 1 is 1.31 bits per heavy atom. The van der Waals surface area contributed by atoms with Gasteiger partial charge in [-0.2, -0.15) is 8.42 Å². The lowest BCUT2D eigenvalue weighted by molar-refractivity contribution is 0.598. The molecule has 0 aliphatic carbocycles. The van der Waals surface area contributed by atoms with Gasteiger partial charge in [0.05, 0.1) is 5.69 Å². The van der Waals surface area contributed by atoms with Crippen LogP contribution in [0.3, 0.4) is 0 Å². The van der Waals surface area contributed by atoms with Crippen LogP contribution in [0.1, 0.15) is 0 Å². The lowest BCUT2D eigenvalue weighted by atomic mass is 10.4. The molecule has 2 aromatic heterocycles. The number of hydrogen-bond donors (Lipinski definition) is 2. The van der Waals surface area contributed by atoms with Gasteiger partial charge in [0.25, 0.3) is 10.0 Å². The van der Waals surface area contributed by atoms with Gasteiger partial charge < -0.3 is 5.73 Å². The molecule has 6 nitrogen and oxygen atoms in total. The summed E-state index contributed by atoms with van der Waals surface area (Å²) in [4.78, 5) is 7.55. The van der Waals surface area contributed by atoms with Crippen LogP contribution >= 0.6 is 11.3 Å². The molecule has 3 N–H and O–H groups in total. The van der Waals surface area contributed by atoms with E-state index in [1.54, 1.807) is 11.4 Å². The number of rotatable bonds is 3. The fraction of sp³-hybridized carbons (Fsp3) is 0. The highest BCUT2D eigenvalue weighted by Crippen LogP contribution is 2.19. The molecule has 2 aromatic rings. The first kappa shape index (κ1) is 10.8. The zero-order valence-electron chi connectivity index (χ0n) is 7.99. The second-order valence-electron chi connectivity index (χ2n) is 2.84. The molecule has 0 bridgehead atoms. The normalized spacial score (nSPS) is 11.2. The molecule has 0 saturated heterocycles. The molecule has 0 unspecified atom stereocenters. The van der Waals surface area contributed by atoms with Gasteiger partial charge in [0, 0.05) is 17.8 Å². The van der Waals surface area contributed by atoms with Crippen LogP contribution < -0.4 is 10.5 Å². The topological polar surface area (TPSA) is 98.0 Å². The number of nitrogen functional groups attached to an aromatic ring is 1. The first-order valence-corrected chi connectivity index (χ1v) is 6.59. The maximum absolute atomic E-state index is 11.8. The summed E-state index contributed by atoms with van der Waals surface area (Å²) >= 11 is 1.18. The van der Waals surface area contributed by atoms with Crippen LogP contribution in [-0.4, -0.2) is 18.4 Å². The van der Waals surface area contributed by atoms with Gasteiger partial charge in [0.2, 0.25) is 0 Å². The van der Waals surface area contributed by atoms with Crippen LogP contribution in [-0.2, 0) is 10.0 Å². The Morgan fingerprint density at radius 2 is 2.12 bits per heavy atom. The van der Waals surface area contributed by atoms with Gasteiger partial charge in [-0.25, -0.2) is 9.97 Å². The highest BCUT2D eigenvalue weighted by Gasteiger charge is 2.19. The Bertz CT molecular complexity index is 580. The van der Waals surface area contributed by atoms with E-state index in [4.69, 9.17) is 5.73 Å². The average molecular weight is 256 g/mol. The van der Waals surface area contributed by atoms with Gasteiger partial charge in [-0.15, -0.1) is 11.3 Å². The summed E-state index contributed by atoms with van der Waals surface area (Å²) in [6, 6.07) is 3.04. The Balaban J connectivity index is 2.37. The van der Waals surface area contributed by atoms with E-state index < -0.39 is 10.0 Å². The van der Waals surface area contributed by atoms with Crippen LogP contribution in [0.15, 0.2) is 34.9 Å². The molecule has 0 atom stereocenters. The predicted octanol–water partition coefficient (Wildman–Crippen LogP) is 0.921. The minimum atomic E-state index is -3.75. The lowest BCUT2D eigenvalue weighted by Gasteiger charge is -2.05. The Kier molecular flexibility index (Phi) is 2.75. The van der Waals surface area contributed by atoms with E-state index in [0.29, 0.717) is 0 Å². The number of aromatic nitrogens is 2. The van der Waals surface area contributed by atoms with E-state index in [2.05, 4.69) is 14.7 Å². The highest BCUT2D eigenvalue weighted by molar-refractivity contribution is 7.93. The van der Waals surface area contributed by atoms with E-state index >= 15 is 0 Å². The van der Waals surface area contributed by atoms with Crippen molar-refractivity contribution in [3.8, 4) is 0 Å². The van der Waals surface area contributed by atoms with Crippen molar-refractivity contribution in [2.45, 2.75) is 5.03 Å². The summed E-state index contributed by atoms with van der Waals surface area (Å²) in [5.74, 6) is 0. The van der Waals surface area contributed by atoms with Crippen LogP contribution in [0.25, 0.3) is 0 Å². The fourth-order valence-corrected chi connectivity index (χ4v) is 2.92. The number of nitrogens with zero attached hydrogens (tertiary/aromatic N) is 2. The molecule has 16 heavy (non-hydrogen) atoms. The molecular weight excluding hydrogens is 248 g/mol. The number of pyridine rings is 1. The Morgan fingerprint density at radius 3 is 2.75 bits per heavy atom. The van der Waals surface area contributed by atoms with E-state index in [1.807, 2.05) is 0 Å². The standard InChI is InChI=1S/C8H8N4O2S2/c9-6-2-1-3-10-7(6)16(13,14)12-8-11-4-5-15-8/h1-5H,9H2,(H,11,12). The first-order valence-electron chi connectivity index (χ1n) is 4.22. The van der Waals surface area contributed by atoms with Crippen molar-refractivity contribution in [2.24, 2.45) is 0 Å². The number of nitrogens with two attached hydrogens (primary N) is 1. The van der Waals surface area contributed by atoms with Gasteiger partial charge in [0.1, 0.15) is 0 Å². The third-order valence-electron chi connectivity index (χ3n) is 1.71. The number of thiazole rings is 1. The summed E-state index contributed by atoms with van der Waals surface area (Å²) in [6.07, 6.45) is 2.87. The highest BCUT2D eigenvalue weighted by atomic mass is 32.2. The number of nitrogens with one attached hydrogen (secondary N) is 1. The molecule has 0 amide bonds. The third kappa shape index (κ3) is 2.12. The SMILES string of the molecule is Nc1cccnc1S(=O)(=O)Nc1nccs1. The molecule has 84 valence electrons. The Labute approximate surface area is 96.2 Å². The largest absolute Gasteiger partial charge is 0.396 e. The summed E-state index contributed by atoms with van der Waals surface area (Å²) in [5, 5.41) is 1.76. The minimum absolute atomic E-state index is 0.103. The minimum Gasteiger partial charge on any atom is -0.396 e. The van der Waals surface area contributed by atoms with Gasteiger partial charge in [-0.05, 0) is 12.1 Å².